The number of rotatable bonds is 3. The van der Waals surface area contributed by atoms with Gasteiger partial charge >= 0.3 is 0 Å². The summed E-state index contributed by atoms with van der Waals surface area (Å²) >= 11 is 3.36. The molecule has 104 valence electrons. The lowest BCUT2D eigenvalue weighted by Crippen LogP contribution is -2.26. The molecule has 0 saturated heterocycles. The number of hydrogen-bond acceptors (Lipinski definition) is 2. The number of halogens is 2. The number of benzene rings is 2. The molecule has 0 spiro atoms. The van der Waals surface area contributed by atoms with E-state index in [4.69, 9.17) is 5.73 Å². The van der Waals surface area contributed by atoms with Gasteiger partial charge in [-0.05, 0) is 42.8 Å². The van der Waals surface area contributed by atoms with Gasteiger partial charge in [0.15, 0.2) is 0 Å². The Bertz CT molecular complexity index is 608. The van der Waals surface area contributed by atoms with E-state index in [-0.39, 0.29) is 23.2 Å². The molecule has 3 N–H and O–H groups in total. The van der Waals surface area contributed by atoms with Gasteiger partial charge < -0.3 is 11.1 Å². The third-order valence-corrected chi connectivity index (χ3v) is 3.43. The first-order valence-corrected chi connectivity index (χ1v) is 6.87. The Kier molecular flexibility index (Phi) is 4.39. The second-order valence-electron chi connectivity index (χ2n) is 4.52. The normalized spacial score (nSPS) is 11.9. The van der Waals surface area contributed by atoms with Gasteiger partial charge in [-0.25, -0.2) is 4.39 Å². The van der Waals surface area contributed by atoms with Crippen molar-refractivity contribution in [1.82, 2.24) is 5.32 Å². The zero-order valence-corrected chi connectivity index (χ0v) is 12.4. The van der Waals surface area contributed by atoms with Crippen molar-refractivity contribution in [3.8, 4) is 0 Å². The first kappa shape index (κ1) is 14.5. The van der Waals surface area contributed by atoms with Gasteiger partial charge in [-0.15, -0.1) is 0 Å². The summed E-state index contributed by atoms with van der Waals surface area (Å²) in [7, 11) is 0. The van der Waals surface area contributed by atoms with E-state index in [1.807, 2.05) is 31.2 Å². The van der Waals surface area contributed by atoms with Crippen LogP contribution in [0.1, 0.15) is 28.9 Å². The van der Waals surface area contributed by atoms with E-state index in [2.05, 4.69) is 21.2 Å². The topological polar surface area (TPSA) is 55.1 Å². The summed E-state index contributed by atoms with van der Waals surface area (Å²) in [6.45, 7) is 1.86. The zero-order valence-electron chi connectivity index (χ0n) is 10.9. The molecular weight excluding hydrogens is 323 g/mol. The van der Waals surface area contributed by atoms with Crippen molar-refractivity contribution in [2.24, 2.45) is 0 Å². The van der Waals surface area contributed by atoms with Gasteiger partial charge in [-0.3, -0.25) is 4.79 Å². The average molecular weight is 337 g/mol. The van der Waals surface area contributed by atoms with Crippen molar-refractivity contribution in [2.45, 2.75) is 13.0 Å². The standard InChI is InChI=1S/C15H14BrFN2O/c1-9(10-2-4-12(16)5-3-10)19-15(20)11-6-13(17)8-14(18)7-11/h2-9H,18H2,1H3,(H,19,20)/t9-/m0/s1. The minimum atomic E-state index is -0.522. The van der Waals surface area contributed by atoms with E-state index >= 15 is 0 Å². The van der Waals surface area contributed by atoms with Gasteiger partial charge in [0.05, 0.1) is 6.04 Å². The van der Waals surface area contributed by atoms with Gasteiger partial charge in [-0.2, -0.15) is 0 Å². The SMILES string of the molecule is C[C@H](NC(=O)c1cc(N)cc(F)c1)c1ccc(Br)cc1. The first-order chi connectivity index (χ1) is 9.45. The molecule has 0 unspecified atom stereocenters. The van der Waals surface area contributed by atoms with Crippen molar-refractivity contribution in [2.75, 3.05) is 5.73 Å². The highest BCUT2D eigenvalue weighted by molar-refractivity contribution is 9.10. The molecule has 0 radical (unpaired) electrons. The summed E-state index contributed by atoms with van der Waals surface area (Å²) < 4.78 is 14.2. The van der Waals surface area contributed by atoms with Crippen LogP contribution in [0.5, 0.6) is 0 Å². The number of anilines is 1. The van der Waals surface area contributed by atoms with Crippen LogP contribution in [0.3, 0.4) is 0 Å². The van der Waals surface area contributed by atoms with Crippen molar-refractivity contribution >= 4 is 27.5 Å². The summed E-state index contributed by atoms with van der Waals surface area (Å²) in [6.07, 6.45) is 0. The van der Waals surface area contributed by atoms with Crippen molar-refractivity contribution in [3.63, 3.8) is 0 Å². The minimum Gasteiger partial charge on any atom is -0.399 e. The Morgan fingerprint density at radius 2 is 1.90 bits per heavy atom. The number of carbonyl (C=O) groups excluding carboxylic acids is 1. The summed E-state index contributed by atoms with van der Waals surface area (Å²) in [6, 6.07) is 11.2. The van der Waals surface area contributed by atoms with Crippen LogP contribution in [0, 0.1) is 5.82 Å². The van der Waals surface area contributed by atoms with E-state index in [9.17, 15) is 9.18 Å². The third-order valence-electron chi connectivity index (χ3n) is 2.90. The Balaban J connectivity index is 2.12. The molecule has 2 rings (SSSR count). The zero-order chi connectivity index (χ0) is 14.7. The highest BCUT2D eigenvalue weighted by Gasteiger charge is 2.12. The maximum absolute atomic E-state index is 13.2. The number of nitrogen functional groups attached to an aromatic ring is 1. The maximum Gasteiger partial charge on any atom is 0.251 e. The molecular formula is C15H14BrFN2O. The van der Waals surface area contributed by atoms with Crippen LogP contribution in [0.4, 0.5) is 10.1 Å². The highest BCUT2D eigenvalue weighted by Crippen LogP contribution is 2.18. The van der Waals surface area contributed by atoms with E-state index in [1.165, 1.54) is 18.2 Å². The summed E-state index contributed by atoms with van der Waals surface area (Å²) in [5, 5.41) is 2.81. The second-order valence-corrected chi connectivity index (χ2v) is 5.44. The highest BCUT2D eigenvalue weighted by atomic mass is 79.9. The average Bonchev–Trinajstić information content (AvgIpc) is 2.38. The van der Waals surface area contributed by atoms with Gasteiger partial charge in [0, 0.05) is 15.7 Å². The monoisotopic (exact) mass is 336 g/mol. The van der Waals surface area contributed by atoms with Crippen molar-refractivity contribution in [1.29, 1.82) is 0 Å². The fourth-order valence-corrected chi connectivity index (χ4v) is 2.12. The number of nitrogens with one attached hydrogen (secondary N) is 1. The van der Waals surface area contributed by atoms with Gasteiger partial charge in [0.25, 0.3) is 5.91 Å². The molecule has 0 aromatic heterocycles. The molecule has 0 aliphatic heterocycles. The van der Waals surface area contributed by atoms with E-state index in [0.29, 0.717) is 0 Å². The van der Waals surface area contributed by atoms with Crippen LogP contribution in [0.15, 0.2) is 46.9 Å². The number of hydrogen-bond donors (Lipinski definition) is 2. The van der Waals surface area contributed by atoms with Crippen molar-refractivity contribution in [3.05, 3.63) is 63.9 Å². The van der Waals surface area contributed by atoms with Crippen LogP contribution >= 0.6 is 15.9 Å². The number of nitrogens with two attached hydrogens (primary N) is 1. The Morgan fingerprint density at radius 3 is 2.50 bits per heavy atom. The molecule has 0 bridgehead atoms. The van der Waals surface area contributed by atoms with Crippen LogP contribution in [-0.2, 0) is 0 Å². The van der Waals surface area contributed by atoms with Gasteiger partial charge in [-0.1, -0.05) is 28.1 Å². The van der Waals surface area contributed by atoms with Crippen molar-refractivity contribution < 1.29 is 9.18 Å². The fraction of sp³-hybridized carbons (Fsp3) is 0.133. The Hall–Kier alpha value is -1.88. The summed E-state index contributed by atoms with van der Waals surface area (Å²) in [5.74, 6) is -0.877. The molecule has 1 amide bonds. The minimum absolute atomic E-state index is 0.180. The van der Waals surface area contributed by atoms with Gasteiger partial charge in [0.1, 0.15) is 5.82 Å². The molecule has 1 atom stereocenters. The van der Waals surface area contributed by atoms with Crippen LogP contribution < -0.4 is 11.1 Å². The molecule has 3 nitrogen and oxygen atoms in total. The van der Waals surface area contributed by atoms with Crippen LogP contribution in [-0.4, -0.2) is 5.91 Å². The molecule has 20 heavy (non-hydrogen) atoms. The molecule has 0 saturated carbocycles. The molecule has 0 heterocycles. The quantitative estimate of drug-likeness (QED) is 0.840. The van der Waals surface area contributed by atoms with Crippen LogP contribution in [0.25, 0.3) is 0 Å². The smallest absolute Gasteiger partial charge is 0.251 e. The number of carbonyl (C=O) groups is 1. The number of amides is 1. The van der Waals surface area contributed by atoms with E-state index in [1.54, 1.807) is 0 Å². The molecule has 5 heteroatoms. The first-order valence-electron chi connectivity index (χ1n) is 6.08. The molecule has 0 aliphatic carbocycles. The largest absolute Gasteiger partial charge is 0.399 e. The Labute approximate surface area is 125 Å². The Morgan fingerprint density at radius 1 is 1.25 bits per heavy atom. The van der Waals surface area contributed by atoms with Crippen LogP contribution in [0.2, 0.25) is 0 Å². The lowest BCUT2D eigenvalue weighted by atomic mass is 10.1. The molecule has 0 aliphatic rings. The predicted molar refractivity (Wildman–Crippen MR) is 80.8 cm³/mol. The van der Waals surface area contributed by atoms with E-state index in [0.717, 1.165) is 10.0 Å². The van der Waals surface area contributed by atoms with E-state index < -0.39 is 5.82 Å². The lowest BCUT2D eigenvalue weighted by Gasteiger charge is -2.14. The second kappa shape index (κ2) is 6.05. The third kappa shape index (κ3) is 3.57. The summed E-state index contributed by atoms with van der Waals surface area (Å²) in [4.78, 5) is 12.1. The fourth-order valence-electron chi connectivity index (χ4n) is 1.86. The summed E-state index contributed by atoms with van der Waals surface area (Å²) in [5.41, 5.74) is 6.94. The molecule has 0 fully saturated rings. The van der Waals surface area contributed by atoms with Gasteiger partial charge in [0.2, 0.25) is 0 Å². The lowest BCUT2D eigenvalue weighted by molar-refractivity contribution is 0.0939. The molecule has 2 aromatic rings. The molecule has 2 aromatic carbocycles. The maximum atomic E-state index is 13.2. The predicted octanol–water partition coefficient (Wildman–Crippen LogP) is 3.66.